The second-order valence-electron chi connectivity index (χ2n) is 6.11. The fraction of sp³-hybridized carbons (Fsp3) is 0.250. The van der Waals surface area contributed by atoms with Gasteiger partial charge in [-0.2, -0.15) is 0 Å². The Morgan fingerprint density at radius 3 is 2.76 bits per heavy atom. The number of aliphatic hydroxyl groups is 1. The van der Waals surface area contributed by atoms with Gasteiger partial charge >= 0.3 is 0 Å². The summed E-state index contributed by atoms with van der Waals surface area (Å²) < 4.78 is 7.66. The summed E-state index contributed by atoms with van der Waals surface area (Å²) in [7, 11) is 2.00. The average Bonchev–Trinajstić information content (AvgIpc) is 3.16. The van der Waals surface area contributed by atoms with Crippen molar-refractivity contribution < 1.29 is 9.84 Å². The molecule has 0 amide bonds. The minimum absolute atomic E-state index is 0.256. The zero-order valence-electron chi connectivity index (χ0n) is 14.3. The standard InChI is InChI=1S/C20H23N3O2/c1-22(13-17-6-3-2-4-7-17)14-19(24)15-25-20-9-5-8-18(12-20)23-11-10-21-16-23/h2-12,16,19,24H,13-15H2,1H3. The van der Waals surface area contributed by atoms with Gasteiger partial charge in [0.05, 0.1) is 12.0 Å². The van der Waals surface area contributed by atoms with E-state index in [1.165, 1.54) is 5.56 Å². The van der Waals surface area contributed by atoms with E-state index in [9.17, 15) is 5.11 Å². The predicted octanol–water partition coefficient (Wildman–Crippen LogP) is 2.74. The first-order valence-electron chi connectivity index (χ1n) is 8.32. The Kier molecular flexibility index (Phi) is 5.82. The molecule has 0 aliphatic rings. The van der Waals surface area contributed by atoms with Crippen LogP contribution in [0.2, 0.25) is 0 Å². The van der Waals surface area contributed by atoms with Gasteiger partial charge in [-0.15, -0.1) is 0 Å². The Balaban J connectivity index is 1.49. The smallest absolute Gasteiger partial charge is 0.121 e. The maximum Gasteiger partial charge on any atom is 0.121 e. The van der Waals surface area contributed by atoms with Gasteiger partial charge in [0.2, 0.25) is 0 Å². The Morgan fingerprint density at radius 1 is 1.16 bits per heavy atom. The van der Waals surface area contributed by atoms with Gasteiger partial charge in [0, 0.05) is 31.5 Å². The molecule has 0 saturated heterocycles. The molecule has 130 valence electrons. The molecule has 5 heteroatoms. The van der Waals surface area contributed by atoms with E-state index >= 15 is 0 Å². The van der Waals surface area contributed by atoms with Crippen molar-refractivity contribution in [2.75, 3.05) is 20.2 Å². The number of ether oxygens (including phenoxy) is 1. The van der Waals surface area contributed by atoms with E-state index in [1.54, 1.807) is 12.5 Å². The van der Waals surface area contributed by atoms with Crippen LogP contribution in [0.5, 0.6) is 5.75 Å². The highest BCUT2D eigenvalue weighted by Gasteiger charge is 2.10. The maximum absolute atomic E-state index is 10.2. The molecular weight excluding hydrogens is 314 g/mol. The summed E-state index contributed by atoms with van der Waals surface area (Å²) in [6.45, 7) is 1.61. The van der Waals surface area contributed by atoms with E-state index in [1.807, 2.05) is 60.3 Å². The molecule has 3 aromatic rings. The number of rotatable bonds is 8. The van der Waals surface area contributed by atoms with Gasteiger partial charge in [0.25, 0.3) is 0 Å². The van der Waals surface area contributed by atoms with Gasteiger partial charge in [-0.3, -0.25) is 4.90 Å². The second kappa shape index (κ2) is 8.46. The molecule has 0 aliphatic carbocycles. The lowest BCUT2D eigenvalue weighted by molar-refractivity contribution is 0.0744. The predicted molar refractivity (Wildman–Crippen MR) is 97.8 cm³/mol. The van der Waals surface area contributed by atoms with Crippen LogP contribution in [-0.2, 0) is 6.54 Å². The lowest BCUT2D eigenvalue weighted by Crippen LogP contribution is -2.32. The van der Waals surface area contributed by atoms with Crippen LogP contribution in [0.1, 0.15) is 5.56 Å². The number of likely N-dealkylation sites (N-methyl/N-ethyl adjacent to an activating group) is 1. The van der Waals surface area contributed by atoms with E-state index in [0.29, 0.717) is 6.54 Å². The summed E-state index contributed by atoms with van der Waals surface area (Å²) in [6, 6.07) is 18.0. The summed E-state index contributed by atoms with van der Waals surface area (Å²) in [6.07, 6.45) is 4.81. The summed E-state index contributed by atoms with van der Waals surface area (Å²) in [5.74, 6) is 0.732. The molecule has 0 radical (unpaired) electrons. The third-order valence-electron chi connectivity index (χ3n) is 3.88. The minimum Gasteiger partial charge on any atom is -0.491 e. The lowest BCUT2D eigenvalue weighted by atomic mass is 10.2. The third kappa shape index (κ3) is 5.17. The molecule has 5 nitrogen and oxygen atoms in total. The molecule has 2 aromatic carbocycles. The second-order valence-corrected chi connectivity index (χ2v) is 6.11. The van der Waals surface area contributed by atoms with Crippen molar-refractivity contribution in [3.63, 3.8) is 0 Å². The van der Waals surface area contributed by atoms with E-state index in [2.05, 4.69) is 22.0 Å². The molecule has 1 atom stereocenters. The van der Waals surface area contributed by atoms with Gasteiger partial charge in [-0.25, -0.2) is 4.98 Å². The monoisotopic (exact) mass is 337 g/mol. The molecule has 1 N–H and O–H groups in total. The number of nitrogens with zero attached hydrogens (tertiary/aromatic N) is 3. The Morgan fingerprint density at radius 2 is 2.00 bits per heavy atom. The molecular formula is C20H23N3O2. The average molecular weight is 337 g/mol. The van der Waals surface area contributed by atoms with Crippen molar-refractivity contribution in [3.05, 3.63) is 78.9 Å². The number of hydrogen-bond donors (Lipinski definition) is 1. The number of hydrogen-bond acceptors (Lipinski definition) is 4. The molecule has 3 rings (SSSR count). The SMILES string of the molecule is CN(Cc1ccccc1)CC(O)COc1cccc(-n2ccnc2)c1. The van der Waals surface area contributed by atoms with Gasteiger partial charge in [-0.1, -0.05) is 36.4 Å². The number of imidazole rings is 1. The molecule has 1 unspecified atom stereocenters. The van der Waals surface area contributed by atoms with Crippen LogP contribution < -0.4 is 4.74 Å². The van der Waals surface area contributed by atoms with E-state index in [4.69, 9.17) is 4.74 Å². The number of aliphatic hydroxyl groups excluding tert-OH is 1. The molecule has 0 bridgehead atoms. The highest BCUT2D eigenvalue weighted by atomic mass is 16.5. The molecule has 1 aromatic heterocycles. The van der Waals surface area contributed by atoms with Crippen molar-refractivity contribution >= 4 is 0 Å². The molecule has 0 saturated carbocycles. The zero-order valence-corrected chi connectivity index (χ0v) is 14.3. The maximum atomic E-state index is 10.2. The Labute approximate surface area is 148 Å². The Hall–Kier alpha value is -2.63. The van der Waals surface area contributed by atoms with Crippen LogP contribution in [0.25, 0.3) is 5.69 Å². The minimum atomic E-state index is -0.550. The summed E-state index contributed by atoms with van der Waals surface area (Å²) >= 11 is 0. The first-order valence-corrected chi connectivity index (χ1v) is 8.32. The van der Waals surface area contributed by atoms with Crippen LogP contribution in [0, 0.1) is 0 Å². The van der Waals surface area contributed by atoms with Gasteiger partial charge in [0.15, 0.2) is 0 Å². The fourth-order valence-electron chi connectivity index (χ4n) is 2.71. The van der Waals surface area contributed by atoms with Crippen molar-refractivity contribution in [1.82, 2.24) is 14.5 Å². The first-order chi connectivity index (χ1) is 12.2. The molecule has 0 spiro atoms. The molecule has 0 fully saturated rings. The topological polar surface area (TPSA) is 50.5 Å². The van der Waals surface area contributed by atoms with Crippen LogP contribution in [0.15, 0.2) is 73.3 Å². The van der Waals surface area contributed by atoms with E-state index < -0.39 is 6.10 Å². The highest BCUT2D eigenvalue weighted by molar-refractivity contribution is 5.39. The largest absolute Gasteiger partial charge is 0.491 e. The van der Waals surface area contributed by atoms with Gasteiger partial charge in [0.1, 0.15) is 18.5 Å². The third-order valence-corrected chi connectivity index (χ3v) is 3.88. The zero-order chi connectivity index (χ0) is 17.5. The summed E-state index contributed by atoms with van der Waals surface area (Å²) in [4.78, 5) is 6.13. The van der Waals surface area contributed by atoms with E-state index in [0.717, 1.165) is 18.0 Å². The van der Waals surface area contributed by atoms with Crippen LogP contribution >= 0.6 is 0 Å². The molecule has 25 heavy (non-hydrogen) atoms. The van der Waals surface area contributed by atoms with Crippen molar-refractivity contribution in [2.24, 2.45) is 0 Å². The molecule has 0 aliphatic heterocycles. The molecule has 1 heterocycles. The van der Waals surface area contributed by atoms with Crippen LogP contribution in [0.4, 0.5) is 0 Å². The van der Waals surface area contributed by atoms with Crippen molar-refractivity contribution in [2.45, 2.75) is 12.6 Å². The lowest BCUT2D eigenvalue weighted by Gasteiger charge is -2.21. The highest BCUT2D eigenvalue weighted by Crippen LogP contribution is 2.17. The summed E-state index contributed by atoms with van der Waals surface area (Å²) in [5, 5.41) is 10.2. The van der Waals surface area contributed by atoms with Crippen LogP contribution in [-0.4, -0.2) is 45.9 Å². The number of aromatic nitrogens is 2. The van der Waals surface area contributed by atoms with Crippen molar-refractivity contribution in [3.8, 4) is 11.4 Å². The van der Waals surface area contributed by atoms with Gasteiger partial charge in [-0.05, 0) is 24.7 Å². The quantitative estimate of drug-likeness (QED) is 0.687. The first kappa shape index (κ1) is 17.2. The van der Waals surface area contributed by atoms with Crippen molar-refractivity contribution in [1.29, 1.82) is 0 Å². The Bertz CT molecular complexity index is 760. The summed E-state index contributed by atoms with van der Waals surface area (Å²) in [5.41, 5.74) is 2.21. The van der Waals surface area contributed by atoms with E-state index in [-0.39, 0.29) is 6.61 Å². The fourth-order valence-corrected chi connectivity index (χ4v) is 2.71. The number of benzene rings is 2. The van der Waals surface area contributed by atoms with Gasteiger partial charge < -0.3 is 14.4 Å². The normalized spacial score (nSPS) is 12.3. The van der Waals surface area contributed by atoms with Crippen LogP contribution in [0.3, 0.4) is 0 Å².